The van der Waals surface area contributed by atoms with Crippen LogP contribution in [-0.4, -0.2) is 24.7 Å². The summed E-state index contributed by atoms with van der Waals surface area (Å²) in [5.74, 6) is 0. The van der Waals surface area contributed by atoms with E-state index in [-0.39, 0.29) is 12.5 Å². The molecule has 2 aliphatic heterocycles. The Morgan fingerprint density at radius 3 is 2.29 bits per heavy atom. The number of hydrogen-bond acceptors (Lipinski definition) is 4. The highest BCUT2D eigenvalue weighted by molar-refractivity contribution is 4.83. The second-order valence-electron chi connectivity index (χ2n) is 1.66. The highest BCUT2D eigenvalue weighted by Gasteiger charge is 2.47. The molecule has 0 amide bonds. The zero-order valence-electron chi connectivity index (χ0n) is 3.92. The van der Waals surface area contributed by atoms with Gasteiger partial charge >= 0.3 is 0 Å². The summed E-state index contributed by atoms with van der Waals surface area (Å²) >= 11 is 0. The van der Waals surface area contributed by atoms with Gasteiger partial charge in [0.2, 0.25) is 0 Å². The van der Waals surface area contributed by atoms with Crippen LogP contribution in [0.2, 0.25) is 0 Å². The van der Waals surface area contributed by atoms with Crippen LogP contribution in [0.15, 0.2) is 0 Å². The third-order valence-corrected chi connectivity index (χ3v) is 1.02. The minimum absolute atomic E-state index is 0.144. The summed E-state index contributed by atoms with van der Waals surface area (Å²) in [6.45, 7) is 0. The first-order chi connectivity index (χ1) is 3.36. The van der Waals surface area contributed by atoms with Gasteiger partial charge in [0.15, 0.2) is 12.5 Å². The van der Waals surface area contributed by atoms with Crippen LogP contribution < -0.4 is 5.32 Å². The minimum atomic E-state index is 0.144. The zero-order chi connectivity index (χ0) is 4.85. The number of nitrogens with one attached hydrogen (secondary N) is 1. The van der Waals surface area contributed by atoms with Gasteiger partial charge in [0.05, 0.1) is 0 Å². The van der Waals surface area contributed by atoms with E-state index in [9.17, 15) is 0 Å². The first-order valence-electron chi connectivity index (χ1n) is 2.19. The number of nitrogens with zero attached hydrogens (tertiary/aromatic N) is 1. The van der Waals surface area contributed by atoms with Crippen LogP contribution in [0.1, 0.15) is 0 Å². The van der Waals surface area contributed by atoms with E-state index < -0.39 is 0 Å². The first-order valence-corrected chi connectivity index (χ1v) is 2.19. The molecule has 0 saturated carbocycles. The van der Waals surface area contributed by atoms with Crippen molar-refractivity contribution in [3.63, 3.8) is 0 Å². The van der Waals surface area contributed by atoms with Crippen LogP contribution >= 0.6 is 0 Å². The topological polar surface area (TPSA) is 43.6 Å². The van der Waals surface area contributed by atoms with Crippen molar-refractivity contribution in [1.29, 1.82) is 0 Å². The number of rotatable bonds is 0. The van der Waals surface area contributed by atoms with Crippen molar-refractivity contribution in [1.82, 2.24) is 10.5 Å². The van der Waals surface area contributed by atoms with Gasteiger partial charge in [-0.05, 0) is 0 Å². The van der Waals surface area contributed by atoms with E-state index >= 15 is 0 Å². The Balaban J connectivity index is 2.02. The molecule has 0 aromatic rings. The maximum Gasteiger partial charge on any atom is 0.176 e. The SMILES string of the molecule is CN1OC2NC2O1. The van der Waals surface area contributed by atoms with Crippen LogP contribution in [0.4, 0.5) is 0 Å². The van der Waals surface area contributed by atoms with Crippen molar-refractivity contribution < 1.29 is 9.68 Å². The molecule has 2 rings (SSSR count). The lowest BCUT2D eigenvalue weighted by atomic mass is 10.8. The number of fused-ring (bicyclic) bond motifs is 1. The molecule has 0 aliphatic carbocycles. The second kappa shape index (κ2) is 0.976. The van der Waals surface area contributed by atoms with Crippen molar-refractivity contribution in [3.05, 3.63) is 0 Å². The van der Waals surface area contributed by atoms with Crippen LogP contribution in [0.25, 0.3) is 0 Å². The third kappa shape index (κ3) is 0.450. The van der Waals surface area contributed by atoms with E-state index in [4.69, 9.17) is 9.68 Å². The molecule has 2 atom stereocenters. The van der Waals surface area contributed by atoms with Crippen LogP contribution in [-0.2, 0) is 9.68 Å². The second-order valence-corrected chi connectivity index (χ2v) is 1.66. The summed E-state index contributed by atoms with van der Waals surface area (Å²) in [6.07, 6.45) is 0.287. The summed E-state index contributed by atoms with van der Waals surface area (Å²) in [7, 11) is 1.73. The third-order valence-electron chi connectivity index (χ3n) is 1.02. The standard InChI is InChI=1S/C3H6N2O2/c1-5-6-2-3(4-2)7-5/h2-4H,1H3. The van der Waals surface area contributed by atoms with Crippen molar-refractivity contribution in [2.45, 2.75) is 12.5 Å². The average molecular weight is 102 g/mol. The average Bonchev–Trinajstić information content (AvgIpc) is 2.15. The molecule has 0 radical (unpaired) electrons. The smallest absolute Gasteiger partial charge is 0.176 e. The van der Waals surface area contributed by atoms with Crippen molar-refractivity contribution in [3.8, 4) is 0 Å². The van der Waals surface area contributed by atoms with Gasteiger partial charge in [-0.25, -0.2) is 0 Å². The molecular formula is C3H6N2O2. The van der Waals surface area contributed by atoms with Gasteiger partial charge in [-0.3, -0.25) is 15.0 Å². The van der Waals surface area contributed by atoms with E-state index in [1.165, 1.54) is 5.23 Å². The Bertz CT molecular complexity index is 86.9. The van der Waals surface area contributed by atoms with Crippen LogP contribution in [0, 0.1) is 0 Å². The molecule has 2 aliphatic rings. The Morgan fingerprint density at radius 1 is 1.43 bits per heavy atom. The fourth-order valence-corrected chi connectivity index (χ4v) is 0.622. The van der Waals surface area contributed by atoms with E-state index in [0.29, 0.717) is 0 Å². The summed E-state index contributed by atoms with van der Waals surface area (Å²) in [5, 5.41) is 4.28. The van der Waals surface area contributed by atoms with Crippen molar-refractivity contribution >= 4 is 0 Å². The predicted octanol–water partition coefficient (Wildman–Crippen LogP) is -0.950. The Hall–Kier alpha value is -0.160. The maximum absolute atomic E-state index is 4.94. The van der Waals surface area contributed by atoms with Crippen molar-refractivity contribution in [2.75, 3.05) is 7.05 Å². The quantitative estimate of drug-likeness (QED) is 0.400. The largest absolute Gasteiger partial charge is 0.256 e. The van der Waals surface area contributed by atoms with E-state index in [0.717, 1.165) is 0 Å². The highest BCUT2D eigenvalue weighted by atomic mass is 17.0. The summed E-state index contributed by atoms with van der Waals surface area (Å²) in [4.78, 5) is 9.87. The summed E-state index contributed by atoms with van der Waals surface area (Å²) in [6, 6.07) is 0. The van der Waals surface area contributed by atoms with Crippen LogP contribution in [0.3, 0.4) is 0 Å². The van der Waals surface area contributed by atoms with Gasteiger partial charge in [-0.1, -0.05) is 5.23 Å². The summed E-state index contributed by atoms with van der Waals surface area (Å²) < 4.78 is 0. The highest BCUT2D eigenvalue weighted by Crippen LogP contribution is 2.22. The molecule has 2 unspecified atom stereocenters. The lowest BCUT2D eigenvalue weighted by Gasteiger charge is -2.05. The fraction of sp³-hybridized carbons (Fsp3) is 1.00. The molecule has 4 nitrogen and oxygen atoms in total. The lowest BCUT2D eigenvalue weighted by Crippen LogP contribution is -2.17. The normalized spacial score (nSPS) is 49.3. The van der Waals surface area contributed by atoms with Gasteiger partial charge in [0.25, 0.3) is 0 Å². The molecule has 2 heterocycles. The van der Waals surface area contributed by atoms with Gasteiger partial charge in [-0.2, -0.15) is 0 Å². The Labute approximate surface area is 40.9 Å². The molecular weight excluding hydrogens is 96.0 g/mol. The minimum Gasteiger partial charge on any atom is -0.256 e. The molecule has 1 N–H and O–H groups in total. The first kappa shape index (κ1) is 3.80. The zero-order valence-corrected chi connectivity index (χ0v) is 3.92. The molecule has 2 fully saturated rings. The molecule has 0 bridgehead atoms. The molecule has 40 valence electrons. The molecule has 0 aromatic heterocycles. The lowest BCUT2D eigenvalue weighted by molar-refractivity contribution is -0.315. The molecule has 4 heteroatoms. The molecule has 0 spiro atoms. The van der Waals surface area contributed by atoms with Crippen molar-refractivity contribution in [2.24, 2.45) is 0 Å². The molecule has 2 saturated heterocycles. The maximum atomic E-state index is 4.94. The van der Waals surface area contributed by atoms with Gasteiger partial charge < -0.3 is 0 Å². The van der Waals surface area contributed by atoms with E-state index in [1.54, 1.807) is 7.05 Å². The molecule has 0 aromatic carbocycles. The van der Waals surface area contributed by atoms with Crippen LogP contribution in [0.5, 0.6) is 0 Å². The predicted molar refractivity (Wildman–Crippen MR) is 20.6 cm³/mol. The van der Waals surface area contributed by atoms with Gasteiger partial charge in [-0.15, -0.1) is 0 Å². The Morgan fingerprint density at radius 2 is 2.00 bits per heavy atom. The van der Waals surface area contributed by atoms with Gasteiger partial charge in [0.1, 0.15) is 0 Å². The summed E-state index contributed by atoms with van der Waals surface area (Å²) in [5.41, 5.74) is 0. The van der Waals surface area contributed by atoms with E-state index in [1.807, 2.05) is 0 Å². The van der Waals surface area contributed by atoms with Gasteiger partial charge in [0, 0.05) is 7.05 Å². The number of hydrogen-bond donors (Lipinski definition) is 1. The number of hydroxylamine groups is 2. The monoisotopic (exact) mass is 102 g/mol. The Kier molecular flexibility index (Phi) is 0.529. The molecule has 7 heavy (non-hydrogen) atoms. The fourth-order valence-electron chi connectivity index (χ4n) is 0.622. The van der Waals surface area contributed by atoms with E-state index in [2.05, 4.69) is 5.32 Å².